The number of anilines is 3. The number of nitrogens with zero attached hydrogens (tertiary/aromatic N) is 2. The van der Waals surface area contributed by atoms with Gasteiger partial charge in [-0.3, -0.25) is 10.1 Å². The van der Waals surface area contributed by atoms with Gasteiger partial charge in [0, 0.05) is 17.9 Å². The van der Waals surface area contributed by atoms with E-state index in [2.05, 4.69) is 36.6 Å². The number of aromatic nitrogens is 2. The molecule has 1 atom stereocenters. The number of rotatable bonds is 13. The summed E-state index contributed by atoms with van der Waals surface area (Å²) in [6, 6.07) is 23.5. The summed E-state index contributed by atoms with van der Waals surface area (Å²) in [5, 5.41) is 13.7. The van der Waals surface area contributed by atoms with Crippen LogP contribution in [0.2, 0.25) is 0 Å². The standard InChI is InChI=1S/C34H37N7O6/c1-22-29(30(42)41-28(31(43)46-3)21-36-33(44)39-25-14-6-4-7-15-25)23(2)38-32(37-22)35-19-11-13-24-12-10-18-27(20-24)47-34(45)40-26-16-8-5-9-17-26/h4-10,12,14-18,20,28H,11,13,19,21H2,1-3H3,(H,40,45)(H,41,42)(H,35,37,38)(H2,36,39,44). The van der Waals surface area contributed by atoms with Crippen molar-refractivity contribution < 1.29 is 28.7 Å². The van der Waals surface area contributed by atoms with Crippen LogP contribution < -0.4 is 31.3 Å². The highest BCUT2D eigenvalue weighted by Crippen LogP contribution is 2.17. The Morgan fingerprint density at radius 2 is 1.45 bits per heavy atom. The van der Waals surface area contributed by atoms with Crippen LogP contribution in [0.4, 0.5) is 26.9 Å². The van der Waals surface area contributed by atoms with E-state index in [0.717, 1.165) is 12.0 Å². The fraction of sp³-hybridized carbons (Fsp3) is 0.235. The van der Waals surface area contributed by atoms with Crippen LogP contribution in [0.1, 0.15) is 33.7 Å². The summed E-state index contributed by atoms with van der Waals surface area (Å²) in [5.41, 5.74) is 3.24. The molecule has 1 unspecified atom stereocenters. The van der Waals surface area contributed by atoms with E-state index in [9.17, 15) is 19.2 Å². The SMILES string of the molecule is COC(=O)C(CNC(=O)Nc1ccccc1)NC(=O)c1c(C)nc(NCCCc2cccc(OC(=O)Nc3ccccc3)c2)nc1C. The minimum absolute atomic E-state index is 0.203. The van der Waals surface area contributed by atoms with E-state index in [1.165, 1.54) is 7.11 Å². The number of benzene rings is 3. The minimum Gasteiger partial charge on any atom is -0.467 e. The van der Waals surface area contributed by atoms with E-state index in [1.807, 2.05) is 42.5 Å². The van der Waals surface area contributed by atoms with Crippen LogP contribution in [0.3, 0.4) is 0 Å². The normalized spacial score (nSPS) is 11.0. The van der Waals surface area contributed by atoms with Gasteiger partial charge in [-0.25, -0.2) is 24.4 Å². The van der Waals surface area contributed by atoms with Gasteiger partial charge in [0.15, 0.2) is 0 Å². The lowest BCUT2D eigenvalue weighted by molar-refractivity contribution is -0.142. The van der Waals surface area contributed by atoms with Gasteiger partial charge in [-0.05, 0) is 68.7 Å². The third-order valence-corrected chi connectivity index (χ3v) is 6.84. The summed E-state index contributed by atoms with van der Waals surface area (Å²) in [5.74, 6) is -0.504. The summed E-state index contributed by atoms with van der Waals surface area (Å²) in [4.78, 5) is 58.9. The molecule has 47 heavy (non-hydrogen) atoms. The Labute approximate surface area is 272 Å². The maximum atomic E-state index is 13.2. The van der Waals surface area contributed by atoms with Crippen molar-refractivity contribution in [3.05, 3.63) is 107 Å². The highest BCUT2D eigenvalue weighted by atomic mass is 16.6. The number of urea groups is 1. The molecule has 4 aromatic rings. The summed E-state index contributed by atoms with van der Waals surface area (Å²) in [6.07, 6.45) is 0.864. The predicted molar refractivity (Wildman–Crippen MR) is 178 cm³/mol. The average Bonchev–Trinajstić information content (AvgIpc) is 3.05. The van der Waals surface area contributed by atoms with Crippen LogP contribution in [0.25, 0.3) is 0 Å². The smallest absolute Gasteiger partial charge is 0.417 e. The van der Waals surface area contributed by atoms with Crippen molar-refractivity contribution in [2.45, 2.75) is 32.7 Å². The number of aryl methyl sites for hydroxylation is 3. The lowest BCUT2D eigenvalue weighted by Crippen LogP contribution is -2.50. The van der Waals surface area contributed by atoms with Crippen LogP contribution in [0, 0.1) is 13.8 Å². The van der Waals surface area contributed by atoms with Crippen LogP contribution in [-0.4, -0.2) is 60.2 Å². The Hall–Kier alpha value is -5.98. The van der Waals surface area contributed by atoms with E-state index in [-0.39, 0.29) is 12.1 Å². The minimum atomic E-state index is -1.15. The largest absolute Gasteiger partial charge is 0.467 e. The summed E-state index contributed by atoms with van der Waals surface area (Å²) < 4.78 is 10.2. The summed E-state index contributed by atoms with van der Waals surface area (Å²) in [6.45, 7) is 3.69. The number of nitrogens with one attached hydrogen (secondary N) is 5. The molecule has 3 aromatic carbocycles. The van der Waals surface area contributed by atoms with Crippen molar-refractivity contribution in [1.29, 1.82) is 0 Å². The molecular formula is C34H37N7O6. The van der Waals surface area contributed by atoms with Gasteiger partial charge in [0.1, 0.15) is 11.8 Å². The van der Waals surface area contributed by atoms with Gasteiger partial charge in [-0.1, -0.05) is 48.5 Å². The van der Waals surface area contributed by atoms with Crippen molar-refractivity contribution in [3.8, 4) is 5.75 Å². The van der Waals surface area contributed by atoms with E-state index < -0.39 is 30.0 Å². The number of methoxy groups -OCH3 is 1. The molecule has 0 bridgehead atoms. The molecule has 5 N–H and O–H groups in total. The fourth-order valence-corrected chi connectivity index (χ4v) is 4.61. The molecule has 0 aliphatic carbocycles. The maximum Gasteiger partial charge on any atom is 0.417 e. The Kier molecular flexibility index (Phi) is 12.2. The second-order valence-corrected chi connectivity index (χ2v) is 10.4. The zero-order valence-corrected chi connectivity index (χ0v) is 26.3. The zero-order valence-electron chi connectivity index (χ0n) is 26.3. The molecule has 0 spiro atoms. The Morgan fingerprint density at radius 1 is 0.809 bits per heavy atom. The first-order valence-corrected chi connectivity index (χ1v) is 14.9. The molecule has 0 fully saturated rings. The lowest BCUT2D eigenvalue weighted by atomic mass is 10.1. The van der Waals surface area contributed by atoms with Gasteiger partial charge in [-0.15, -0.1) is 0 Å². The first-order chi connectivity index (χ1) is 22.7. The maximum absolute atomic E-state index is 13.2. The lowest BCUT2D eigenvalue weighted by Gasteiger charge is -2.19. The number of esters is 1. The third-order valence-electron chi connectivity index (χ3n) is 6.84. The molecule has 4 amide bonds. The molecule has 1 heterocycles. The molecular weight excluding hydrogens is 602 g/mol. The number of hydrogen-bond acceptors (Lipinski definition) is 9. The molecule has 0 aliphatic heterocycles. The van der Waals surface area contributed by atoms with E-state index in [0.29, 0.717) is 47.4 Å². The molecule has 0 radical (unpaired) electrons. The monoisotopic (exact) mass is 639 g/mol. The molecule has 4 rings (SSSR count). The number of hydrogen-bond donors (Lipinski definition) is 5. The summed E-state index contributed by atoms with van der Waals surface area (Å²) >= 11 is 0. The van der Waals surface area contributed by atoms with Gasteiger partial charge < -0.3 is 30.7 Å². The number of carbonyl (C=O) groups excluding carboxylic acids is 4. The Bertz CT molecular complexity index is 1660. The first-order valence-electron chi connectivity index (χ1n) is 14.9. The summed E-state index contributed by atoms with van der Waals surface area (Å²) in [7, 11) is 1.20. The van der Waals surface area contributed by atoms with Gasteiger partial charge in [-0.2, -0.15) is 0 Å². The second kappa shape index (κ2) is 16.9. The topological polar surface area (TPSA) is 173 Å². The van der Waals surface area contributed by atoms with Crippen LogP contribution in [0.5, 0.6) is 5.75 Å². The van der Waals surface area contributed by atoms with Crippen LogP contribution in [0.15, 0.2) is 84.9 Å². The van der Waals surface area contributed by atoms with Crippen molar-refractivity contribution >= 4 is 41.3 Å². The van der Waals surface area contributed by atoms with Crippen LogP contribution in [-0.2, 0) is 16.0 Å². The van der Waals surface area contributed by atoms with Crippen molar-refractivity contribution in [2.24, 2.45) is 0 Å². The third kappa shape index (κ3) is 10.6. The number of amides is 4. The molecule has 0 saturated heterocycles. The number of para-hydroxylation sites is 2. The quantitative estimate of drug-likeness (QED) is 0.101. The van der Waals surface area contributed by atoms with Gasteiger partial charge in [0.2, 0.25) is 5.95 Å². The van der Waals surface area contributed by atoms with Crippen molar-refractivity contribution in [3.63, 3.8) is 0 Å². The molecule has 1 aromatic heterocycles. The molecule has 244 valence electrons. The van der Waals surface area contributed by atoms with E-state index in [1.54, 1.807) is 56.3 Å². The Morgan fingerprint density at radius 3 is 2.09 bits per heavy atom. The molecule has 0 aliphatic rings. The van der Waals surface area contributed by atoms with Gasteiger partial charge in [0.25, 0.3) is 5.91 Å². The zero-order chi connectivity index (χ0) is 33.6. The average molecular weight is 640 g/mol. The number of ether oxygens (including phenoxy) is 2. The fourth-order valence-electron chi connectivity index (χ4n) is 4.61. The predicted octanol–water partition coefficient (Wildman–Crippen LogP) is 4.84. The second-order valence-electron chi connectivity index (χ2n) is 10.4. The molecule has 0 saturated carbocycles. The first kappa shape index (κ1) is 33.9. The van der Waals surface area contributed by atoms with Crippen molar-refractivity contribution in [1.82, 2.24) is 20.6 Å². The van der Waals surface area contributed by atoms with Gasteiger partial charge in [0.05, 0.1) is 30.6 Å². The highest BCUT2D eigenvalue weighted by molar-refractivity contribution is 5.99. The van der Waals surface area contributed by atoms with Crippen LogP contribution >= 0.6 is 0 Å². The Balaban J connectivity index is 1.27. The van der Waals surface area contributed by atoms with Gasteiger partial charge >= 0.3 is 18.1 Å². The molecule has 13 nitrogen and oxygen atoms in total. The highest BCUT2D eigenvalue weighted by Gasteiger charge is 2.25. The van der Waals surface area contributed by atoms with Crippen molar-refractivity contribution in [2.75, 3.05) is 36.1 Å². The number of carbonyl (C=O) groups is 4. The molecule has 13 heteroatoms. The van der Waals surface area contributed by atoms with E-state index >= 15 is 0 Å². The van der Waals surface area contributed by atoms with E-state index in [4.69, 9.17) is 9.47 Å².